The molecule has 0 aliphatic heterocycles. The van der Waals surface area contributed by atoms with Crippen LogP contribution >= 0.6 is 0 Å². The summed E-state index contributed by atoms with van der Waals surface area (Å²) in [4.78, 5) is 2.34. The van der Waals surface area contributed by atoms with Gasteiger partial charge in [0.1, 0.15) is 5.75 Å². The summed E-state index contributed by atoms with van der Waals surface area (Å²) < 4.78 is 5.77. The normalized spacial score (nSPS) is 13.2. The van der Waals surface area contributed by atoms with Crippen LogP contribution in [-0.4, -0.2) is 31.1 Å². The van der Waals surface area contributed by atoms with E-state index in [9.17, 15) is 0 Å². The lowest BCUT2D eigenvalue weighted by Gasteiger charge is -2.28. The van der Waals surface area contributed by atoms with Gasteiger partial charge < -0.3 is 10.5 Å². The van der Waals surface area contributed by atoms with Crippen molar-refractivity contribution in [2.75, 3.05) is 20.1 Å². The molecule has 0 saturated heterocycles. The number of nitrogens with zero attached hydrogens (tertiary/aromatic N) is 1. The van der Waals surface area contributed by atoms with Gasteiger partial charge in [-0.15, -0.1) is 0 Å². The molecule has 0 amide bonds. The monoisotopic (exact) mass is 278 g/mol. The molecule has 2 N–H and O–H groups in total. The standard InChI is InChI=1S/C17H30N2O/c1-13(2)9-10-19(5)17(12-18)15-7-6-8-16(11-15)20-14(3)4/h6-8,11,13-14,17H,9-10,12,18H2,1-5H3. The second-order valence-electron chi connectivity index (χ2n) is 6.15. The van der Waals surface area contributed by atoms with Crippen LogP contribution in [-0.2, 0) is 0 Å². The number of rotatable bonds is 8. The topological polar surface area (TPSA) is 38.5 Å². The molecule has 3 nitrogen and oxygen atoms in total. The zero-order valence-electron chi connectivity index (χ0n) is 13.6. The van der Waals surface area contributed by atoms with Gasteiger partial charge in [-0.1, -0.05) is 26.0 Å². The Kier molecular flexibility index (Phi) is 7.03. The first-order chi connectivity index (χ1) is 9.43. The van der Waals surface area contributed by atoms with Gasteiger partial charge in [0.15, 0.2) is 0 Å². The van der Waals surface area contributed by atoms with Crippen LogP contribution in [0.5, 0.6) is 5.75 Å². The van der Waals surface area contributed by atoms with Gasteiger partial charge in [0, 0.05) is 12.6 Å². The summed E-state index contributed by atoms with van der Waals surface area (Å²) in [6.07, 6.45) is 1.38. The summed E-state index contributed by atoms with van der Waals surface area (Å²) in [5.41, 5.74) is 7.21. The fraction of sp³-hybridized carbons (Fsp3) is 0.647. The highest BCUT2D eigenvalue weighted by Gasteiger charge is 2.16. The zero-order chi connectivity index (χ0) is 15.1. The fourth-order valence-electron chi connectivity index (χ4n) is 2.26. The van der Waals surface area contributed by atoms with Crippen LogP contribution in [0.25, 0.3) is 0 Å². The molecule has 3 heteroatoms. The summed E-state index contributed by atoms with van der Waals surface area (Å²) in [7, 11) is 2.15. The van der Waals surface area contributed by atoms with E-state index in [1.165, 1.54) is 12.0 Å². The smallest absolute Gasteiger partial charge is 0.120 e. The highest BCUT2D eigenvalue weighted by Crippen LogP contribution is 2.24. The molecule has 0 aromatic heterocycles. The van der Waals surface area contributed by atoms with Crippen molar-refractivity contribution in [2.45, 2.75) is 46.3 Å². The number of hydrogen-bond donors (Lipinski definition) is 1. The van der Waals surface area contributed by atoms with Crippen LogP contribution in [0, 0.1) is 5.92 Å². The van der Waals surface area contributed by atoms with Gasteiger partial charge >= 0.3 is 0 Å². The zero-order valence-corrected chi connectivity index (χ0v) is 13.6. The molecule has 0 fully saturated rings. The van der Waals surface area contributed by atoms with Crippen molar-refractivity contribution >= 4 is 0 Å². The largest absolute Gasteiger partial charge is 0.491 e. The molecule has 114 valence electrons. The maximum atomic E-state index is 5.98. The molecule has 1 aromatic rings. The Morgan fingerprint density at radius 3 is 2.45 bits per heavy atom. The average Bonchev–Trinajstić information content (AvgIpc) is 2.37. The average molecular weight is 278 g/mol. The molecule has 0 saturated carbocycles. The van der Waals surface area contributed by atoms with Crippen LogP contribution in [0.1, 0.15) is 45.7 Å². The maximum Gasteiger partial charge on any atom is 0.120 e. The molecular formula is C17H30N2O. The lowest BCUT2D eigenvalue weighted by Crippen LogP contribution is -2.31. The Bertz CT molecular complexity index is 390. The van der Waals surface area contributed by atoms with E-state index in [1.807, 2.05) is 26.0 Å². The van der Waals surface area contributed by atoms with Crippen molar-refractivity contribution < 1.29 is 4.74 Å². The van der Waals surface area contributed by atoms with Crippen LogP contribution < -0.4 is 10.5 Å². The third-order valence-corrected chi connectivity index (χ3v) is 3.43. The van der Waals surface area contributed by atoms with E-state index in [-0.39, 0.29) is 12.1 Å². The van der Waals surface area contributed by atoms with Gasteiger partial charge in [-0.25, -0.2) is 0 Å². The van der Waals surface area contributed by atoms with Gasteiger partial charge in [0.25, 0.3) is 0 Å². The Hall–Kier alpha value is -1.06. The third kappa shape index (κ3) is 5.51. The minimum atomic E-state index is 0.195. The third-order valence-electron chi connectivity index (χ3n) is 3.43. The molecule has 0 spiro atoms. The van der Waals surface area contributed by atoms with E-state index in [1.54, 1.807) is 0 Å². The first kappa shape index (κ1) is 17.0. The fourth-order valence-corrected chi connectivity index (χ4v) is 2.26. The minimum Gasteiger partial charge on any atom is -0.491 e. The molecule has 1 rings (SSSR count). The van der Waals surface area contributed by atoms with Crippen LogP contribution in [0.3, 0.4) is 0 Å². The maximum absolute atomic E-state index is 5.98. The van der Waals surface area contributed by atoms with Crippen molar-refractivity contribution in [3.8, 4) is 5.75 Å². The molecule has 0 heterocycles. The minimum absolute atomic E-state index is 0.195. The van der Waals surface area contributed by atoms with E-state index in [4.69, 9.17) is 10.5 Å². The van der Waals surface area contributed by atoms with Crippen LogP contribution in [0.15, 0.2) is 24.3 Å². The number of likely N-dealkylation sites (N-methyl/N-ethyl adjacent to an activating group) is 1. The van der Waals surface area contributed by atoms with Crippen LogP contribution in [0.4, 0.5) is 0 Å². The van der Waals surface area contributed by atoms with E-state index in [0.717, 1.165) is 12.3 Å². The number of nitrogens with two attached hydrogens (primary N) is 1. The second kappa shape index (κ2) is 8.28. The quantitative estimate of drug-likeness (QED) is 0.791. The summed E-state index contributed by atoms with van der Waals surface area (Å²) in [5.74, 6) is 1.64. The number of benzene rings is 1. The summed E-state index contributed by atoms with van der Waals surface area (Å²) in [5, 5.41) is 0. The lowest BCUT2D eigenvalue weighted by molar-refractivity contribution is 0.230. The van der Waals surface area contributed by atoms with Crippen molar-refractivity contribution in [1.29, 1.82) is 0 Å². The summed E-state index contributed by atoms with van der Waals surface area (Å²) >= 11 is 0. The van der Waals surface area contributed by atoms with E-state index in [0.29, 0.717) is 12.5 Å². The van der Waals surface area contributed by atoms with E-state index >= 15 is 0 Å². The highest BCUT2D eigenvalue weighted by atomic mass is 16.5. The Balaban J connectivity index is 2.78. The SMILES string of the molecule is CC(C)CCN(C)C(CN)c1cccc(OC(C)C)c1. The van der Waals surface area contributed by atoms with Gasteiger partial charge in [0.2, 0.25) is 0 Å². The van der Waals surface area contributed by atoms with Crippen LogP contribution in [0.2, 0.25) is 0 Å². The van der Waals surface area contributed by atoms with Gasteiger partial charge in [-0.05, 0) is 57.5 Å². The summed E-state index contributed by atoms with van der Waals surface area (Å²) in [6.45, 7) is 10.3. The first-order valence-electron chi connectivity index (χ1n) is 7.61. The molecule has 1 atom stereocenters. The first-order valence-corrected chi connectivity index (χ1v) is 7.61. The van der Waals surface area contributed by atoms with E-state index in [2.05, 4.69) is 37.9 Å². The number of ether oxygens (including phenoxy) is 1. The van der Waals surface area contributed by atoms with Crippen molar-refractivity contribution in [3.05, 3.63) is 29.8 Å². The Morgan fingerprint density at radius 1 is 1.20 bits per heavy atom. The van der Waals surface area contributed by atoms with E-state index < -0.39 is 0 Å². The predicted octanol–water partition coefficient (Wildman–Crippen LogP) is 3.45. The molecule has 1 unspecified atom stereocenters. The molecule has 0 aliphatic carbocycles. The lowest BCUT2D eigenvalue weighted by atomic mass is 10.0. The Labute approximate surface area is 124 Å². The molecule has 0 bridgehead atoms. The van der Waals surface area contributed by atoms with Gasteiger partial charge in [0.05, 0.1) is 6.10 Å². The predicted molar refractivity (Wildman–Crippen MR) is 86.1 cm³/mol. The number of hydrogen-bond acceptors (Lipinski definition) is 3. The van der Waals surface area contributed by atoms with Crippen molar-refractivity contribution in [3.63, 3.8) is 0 Å². The van der Waals surface area contributed by atoms with Gasteiger partial charge in [-0.2, -0.15) is 0 Å². The molecule has 0 aliphatic rings. The second-order valence-corrected chi connectivity index (χ2v) is 6.15. The van der Waals surface area contributed by atoms with Crippen molar-refractivity contribution in [1.82, 2.24) is 4.90 Å². The summed E-state index contributed by atoms with van der Waals surface area (Å²) in [6, 6.07) is 8.56. The molecule has 1 aromatic carbocycles. The Morgan fingerprint density at radius 2 is 1.90 bits per heavy atom. The van der Waals surface area contributed by atoms with Crippen molar-refractivity contribution in [2.24, 2.45) is 11.7 Å². The molecule has 20 heavy (non-hydrogen) atoms. The highest BCUT2D eigenvalue weighted by molar-refractivity contribution is 5.31. The molecular weight excluding hydrogens is 248 g/mol. The molecule has 0 radical (unpaired) electrons. The van der Waals surface area contributed by atoms with Gasteiger partial charge in [-0.3, -0.25) is 4.90 Å².